The van der Waals surface area contributed by atoms with Crippen LogP contribution >= 0.6 is 0 Å². The molecular formula is C26H32O9. The fourth-order valence-electron chi connectivity index (χ4n) is 6.19. The first-order chi connectivity index (χ1) is 16.7. The zero-order chi connectivity index (χ0) is 24.8. The predicted octanol–water partition coefficient (Wildman–Crippen LogP) is 1.78. The minimum atomic E-state index is -1.36. The minimum absolute atomic E-state index is 0.0220. The van der Waals surface area contributed by atoms with Crippen LogP contribution < -0.4 is 0 Å². The summed E-state index contributed by atoms with van der Waals surface area (Å²) < 4.78 is 29.2. The molecular weight excluding hydrogens is 456 g/mol. The fraction of sp³-hybridized carbons (Fsp3) is 0.654. The van der Waals surface area contributed by atoms with E-state index >= 15 is 0 Å². The number of cyclic esters (lactones) is 2. The first kappa shape index (κ1) is 24.2. The highest BCUT2D eigenvalue weighted by atomic mass is 16.6. The largest absolute Gasteiger partial charge is 0.463 e. The third kappa shape index (κ3) is 4.34. The van der Waals surface area contributed by atoms with Gasteiger partial charge < -0.3 is 28.8 Å². The highest BCUT2D eigenvalue weighted by Crippen LogP contribution is 2.65. The van der Waals surface area contributed by atoms with Gasteiger partial charge in [0, 0.05) is 29.9 Å². The van der Waals surface area contributed by atoms with Crippen molar-refractivity contribution in [1.82, 2.24) is 0 Å². The number of esters is 3. The maximum absolute atomic E-state index is 12.8. The first-order valence-corrected chi connectivity index (χ1v) is 12.3. The summed E-state index contributed by atoms with van der Waals surface area (Å²) >= 11 is 0. The van der Waals surface area contributed by atoms with E-state index in [1.807, 2.05) is 0 Å². The summed E-state index contributed by atoms with van der Waals surface area (Å²) in [5.74, 6) is -2.53. The van der Waals surface area contributed by atoms with Gasteiger partial charge in [-0.2, -0.15) is 0 Å². The van der Waals surface area contributed by atoms with Crippen LogP contribution in [0.2, 0.25) is 0 Å². The van der Waals surface area contributed by atoms with E-state index in [2.05, 4.69) is 13.0 Å². The van der Waals surface area contributed by atoms with Gasteiger partial charge in [-0.25, -0.2) is 14.4 Å². The lowest BCUT2D eigenvalue weighted by molar-refractivity contribution is -0.199. The molecule has 2 bridgehead atoms. The Hall–Kier alpha value is -2.49. The molecule has 1 saturated carbocycles. The van der Waals surface area contributed by atoms with Crippen molar-refractivity contribution in [2.24, 2.45) is 17.3 Å². The molecule has 5 rings (SSSR count). The Morgan fingerprint density at radius 1 is 1.06 bits per heavy atom. The summed E-state index contributed by atoms with van der Waals surface area (Å²) in [4.78, 5) is 37.3. The lowest BCUT2D eigenvalue weighted by Crippen LogP contribution is -2.60. The second-order valence-electron chi connectivity index (χ2n) is 10.4. The van der Waals surface area contributed by atoms with Crippen LogP contribution in [0.25, 0.3) is 0 Å². The molecule has 3 fully saturated rings. The summed E-state index contributed by atoms with van der Waals surface area (Å²) in [7, 11) is 0. The normalized spacial score (nSPS) is 45.7. The molecule has 190 valence electrons. The fourth-order valence-corrected chi connectivity index (χ4v) is 6.19. The van der Waals surface area contributed by atoms with E-state index in [1.165, 1.54) is 29.9 Å². The van der Waals surface area contributed by atoms with Crippen LogP contribution in [-0.2, 0) is 38.1 Å². The maximum Gasteiger partial charge on any atom is 0.335 e. The number of carbonyl (C=O) groups is 3. The molecule has 0 radical (unpaired) electrons. The lowest BCUT2D eigenvalue weighted by Gasteiger charge is -2.52. The summed E-state index contributed by atoms with van der Waals surface area (Å²) in [6, 6.07) is 0. The number of ether oxygens (including phenoxy) is 5. The molecule has 5 aliphatic rings. The molecule has 0 aromatic rings. The number of carbonyl (C=O) groups excluding carboxylic acids is 3. The molecule has 8 atom stereocenters. The van der Waals surface area contributed by atoms with Gasteiger partial charge in [-0.05, 0) is 32.1 Å². The molecule has 0 amide bonds. The van der Waals surface area contributed by atoms with Gasteiger partial charge in [-0.15, -0.1) is 0 Å². The molecule has 3 aliphatic heterocycles. The average molecular weight is 489 g/mol. The van der Waals surface area contributed by atoms with Crippen molar-refractivity contribution >= 4 is 17.9 Å². The lowest BCUT2D eigenvalue weighted by atomic mass is 9.60. The SMILES string of the molecule is CC1=CC2OC3C[C@H]4OC(=O)/C=C\C=C/C(=O)OCC[C@@H](C)[C@H](O)C(=O)OC[C@@]2(CC1)C4[C@@]31CO1. The number of hydrogen-bond acceptors (Lipinski definition) is 9. The van der Waals surface area contributed by atoms with Crippen LogP contribution in [0.5, 0.6) is 0 Å². The van der Waals surface area contributed by atoms with Gasteiger partial charge in [0.1, 0.15) is 18.3 Å². The highest BCUT2D eigenvalue weighted by Gasteiger charge is 2.76. The molecule has 9 nitrogen and oxygen atoms in total. The Labute approximate surface area is 204 Å². The molecule has 2 spiro atoms. The first-order valence-electron chi connectivity index (χ1n) is 12.3. The molecule has 3 unspecified atom stereocenters. The second-order valence-corrected chi connectivity index (χ2v) is 10.4. The van der Waals surface area contributed by atoms with Crippen LogP contribution in [0.3, 0.4) is 0 Å². The van der Waals surface area contributed by atoms with Crippen molar-refractivity contribution in [1.29, 1.82) is 0 Å². The molecule has 2 saturated heterocycles. The monoisotopic (exact) mass is 488 g/mol. The van der Waals surface area contributed by atoms with Crippen LogP contribution in [0.4, 0.5) is 0 Å². The molecule has 3 heterocycles. The van der Waals surface area contributed by atoms with E-state index < -0.39 is 47.0 Å². The molecule has 35 heavy (non-hydrogen) atoms. The van der Waals surface area contributed by atoms with E-state index in [-0.39, 0.29) is 31.3 Å². The van der Waals surface area contributed by atoms with Gasteiger partial charge in [-0.3, -0.25) is 0 Å². The second kappa shape index (κ2) is 9.19. The summed E-state index contributed by atoms with van der Waals surface area (Å²) in [5, 5.41) is 10.6. The average Bonchev–Trinajstić information content (AvgIpc) is 3.56. The molecule has 2 aliphatic carbocycles. The van der Waals surface area contributed by atoms with Gasteiger partial charge >= 0.3 is 17.9 Å². The van der Waals surface area contributed by atoms with E-state index in [1.54, 1.807) is 6.92 Å². The van der Waals surface area contributed by atoms with E-state index in [0.717, 1.165) is 6.42 Å². The number of allylic oxidation sites excluding steroid dienone is 3. The number of hydrogen-bond donors (Lipinski definition) is 1. The van der Waals surface area contributed by atoms with Crippen LogP contribution in [0, 0.1) is 17.3 Å². The topological polar surface area (TPSA) is 121 Å². The predicted molar refractivity (Wildman–Crippen MR) is 121 cm³/mol. The highest BCUT2D eigenvalue weighted by molar-refractivity contribution is 5.84. The van der Waals surface area contributed by atoms with E-state index in [9.17, 15) is 19.5 Å². The number of rotatable bonds is 0. The zero-order valence-corrected chi connectivity index (χ0v) is 20.0. The summed E-state index contributed by atoms with van der Waals surface area (Å²) in [6.07, 6.45) is 7.29. The maximum atomic E-state index is 12.8. The third-order valence-corrected chi connectivity index (χ3v) is 8.21. The van der Waals surface area contributed by atoms with Crippen LogP contribution in [0.15, 0.2) is 36.0 Å². The quantitative estimate of drug-likeness (QED) is 0.235. The van der Waals surface area contributed by atoms with Gasteiger partial charge in [0.05, 0.1) is 25.4 Å². The smallest absolute Gasteiger partial charge is 0.335 e. The van der Waals surface area contributed by atoms with E-state index in [0.29, 0.717) is 25.9 Å². The Balaban J connectivity index is 1.48. The Morgan fingerprint density at radius 3 is 2.54 bits per heavy atom. The molecule has 0 aromatic carbocycles. The van der Waals surface area contributed by atoms with Crippen LogP contribution in [0.1, 0.15) is 39.5 Å². The summed E-state index contributed by atoms with van der Waals surface area (Å²) in [5.41, 5.74) is -0.00513. The number of epoxide rings is 1. The van der Waals surface area contributed by atoms with Gasteiger partial charge in [-0.1, -0.05) is 30.7 Å². The third-order valence-electron chi connectivity index (χ3n) is 8.21. The van der Waals surface area contributed by atoms with Gasteiger partial charge in [0.2, 0.25) is 0 Å². The zero-order valence-electron chi connectivity index (χ0n) is 20.0. The van der Waals surface area contributed by atoms with Gasteiger partial charge in [0.25, 0.3) is 0 Å². The standard InChI is InChI=1S/C26H32O9/c1-15-7-9-25-13-32-24(30)22(29)16(2)8-10-31-20(27)5-3-4-6-21(28)34-17-12-19(35-18(25)11-15)26(14-33-26)23(17)25/h3-6,11,16-19,22-23,29H,7-10,12-14H2,1-2H3/b5-3-,6-4-/t16-,17-,18?,19?,22+,23?,25-,26-/m1/s1. The molecule has 1 N–H and O–H groups in total. The number of aliphatic hydroxyl groups excluding tert-OH is 1. The van der Waals surface area contributed by atoms with Crippen molar-refractivity contribution in [2.45, 2.75) is 69.5 Å². The van der Waals surface area contributed by atoms with Gasteiger partial charge in [0.15, 0.2) is 6.10 Å². The Kier molecular flexibility index (Phi) is 6.35. The van der Waals surface area contributed by atoms with Crippen molar-refractivity contribution in [3.63, 3.8) is 0 Å². The van der Waals surface area contributed by atoms with Crippen LogP contribution in [-0.4, -0.2) is 72.9 Å². The Bertz CT molecular complexity index is 977. The van der Waals surface area contributed by atoms with Crippen molar-refractivity contribution in [3.8, 4) is 0 Å². The van der Waals surface area contributed by atoms with E-state index in [4.69, 9.17) is 23.7 Å². The Morgan fingerprint density at radius 2 is 1.80 bits per heavy atom. The minimum Gasteiger partial charge on any atom is -0.463 e. The molecule has 9 heteroatoms. The summed E-state index contributed by atoms with van der Waals surface area (Å²) in [6.45, 7) is 4.32. The van der Waals surface area contributed by atoms with Crippen molar-refractivity contribution in [2.75, 3.05) is 19.8 Å². The number of aliphatic hydroxyl groups is 1. The van der Waals surface area contributed by atoms with Crippen molar-refractivity contribution < 1.29 is 43.2 Å². The molecule has 0 aromatic heterocycles. The van der Waals surface area contributed by atoms with Crippen molar-refractivity contribution in [3.05, 3.63) is 36.0 Å².